The van der Waals surface area contributed by atoms with Crippen molar-refractivity contribution in [3.05, 3.63) is 47.3 Å². The first-order valence-corrected chi connectivity index (χ1v) is 8.41. The molecule has 1 saturated heterocycles. The van der Waals surface area contributed by atoms with Crippen LogP contribution in [0.3, 0.4) is 0 Å². The number of rotatable bonds is 3. The van der Waals surface area contributed by atoms with E-state index in [1.54, 1.807) is 17.3 Å². The standard InChI is InChI=1S/C18H20FN5O/c1-11-3-12(2)22-16-9-24(8-15(11)16)18(25)17(19)13-6-23(7-13)14-4-20-10-21-5-14/h3-5,10,13,17H,6-9H2,1-2H3. The lowest BCUT2D eigenvalue weighted by molar-refractivity contribution is -0.139. The molecule has 6 nitrogen and oxygen atoms in total. The van der Waals surface area contributed by atoms with Crippen LogP contribution in [-0.2, 0) is 17.9 Å². The number of alkyl halides is 1. The molecule has 1 fully saturated rings. The van der Waals surface area contributed by atoms with Gasteiger partial charge in [-0.1, -0.05) is 0 Å². The number of carbonyl (C=O) groups excluding carboxylic acids is 1. The van der Waals surface area contributed by atoms with Crippen LogP contribution in [0.2, 0.25) is 0 Å². The largest absolute Gasteiger partial charge is 0.368 e. The SMILES string of the molecule is Cc1cc(C)c2c(n1)CN(C(=O)C(F)C1CN(c3cncnc3)C1)C2. The molecule has 1 atom stereocenters. The Morgan fingerprint density at radius 1 is 1.24 bits per heavy atom. The van der Waals surface area contributed by atoms with Crippen LogP contribution in [0.25, 0.3) is 0 Å². The molecule has 25 heavy (non-hydrogen) atoms. The molecular weight excluding hydrogens is 321 g/mol. The van der Waals surface area contributed by atoms with Crippen molar-refractivity contribution in [1.29, 1.82) is 0 Å². The first-order chi connectivity index (χ1) is 12.0. The molecule has 0 N–H and O–H groups in total. The van der Waals surface area contributed by atoms with E-state index in [4.69, 9.17) is 0 Å². The minimum Gasteiger partial charge on any atom is -0.368 e. The first-order valence-electron chi connectivity index (χ1n) is 8.41. The van der Waals surface area contributed by atoms with Crippen LogP contribution in [0.15, 0.2) is 24.8 Å². The zero-order chi connectivity index (χ0) is 17.6. The van der Waals surface area contributed by atoms with Crippen LogP contribution < -0.4 is 4.90 Å². The summed E-state index contributed by atoms with van der Waals surface area (Å²) in [5.41, 5.74) is 4.87. The third-order valence-corrected chi connectivity index (χ3v) is 5.03. The van der Waals surface area contributed by atoms with Crippen LogP contribution >= 0.6 is 0 Å². The maximum atomic E-state index is 14.7. The molecule has 0 radical (unpaired) electrons. The normalized spacial score (nSPS) is 18.0. The molecule has 1 amide bonds. The molecular formula is C18H20FN5O. The number of aromatic nitrogens is 3. The number of anilines is 1. The number of pyridine rings is 1. The summed E-state index contributed by atoms with van der Waals surface area (Å²) >= 11 is 0. The topological polar surface area (TPSA) is 62.2 Å². The highest BCUT2D eigenvalue weighted by molar-refractivity contribution is 5.82. The molecule has 0 bridgehead atoms. The van der Waals surface area contributed by atoms with Crippen LogP contribution in [0.4, 0.5) is 10.1 Å². The van der Waals surface area contributed by atoms with Gasteiger partial charge >= 0.3 is 0 Å². The minimum atomic E-state index is -1.48. The Morgan fingerprint density at radius 3 is 2.68 bits per heavy atom. The molecule has 4 rings (SSSR count). The van der Waals surface area contributed by atoms with Crippen LogP contribution in [-0.4, -0.2) is 45.0 Å². The Balaban J connectivity index is 1.39. The van der Waals surface area contributed by atoms with Crippen molar-refractivity contribution < 1.29 is 9.18 Å². The number of nitrogens with zero attached hydrogens (tertiary/aromatic N) is 5. The Labute approximate surface area is 145 Å². The van der Waals surface area contributed by atoms with Crippen molar-refractivity contribution in [2.45, 2.75) is 33.1 Å². The van der Waals surface area contributed by atoms with Gasteiger partial charge in [0.05, 0.1) is 30.3 Å². The molecule has 2 aromatic heterocycles. The summed E-state index contributed by atoms with van der Waals surface area (Å²) in [6.45, 7) is 5.83. The Hall–Kier alpha value is -2.57. The number of aryl methyl sites for hydroxylation is 2. The van der Waals surface area contributed by atoms with Crippen molar-refractivity contribution in [2.75, 3.05) is 18.0 Å². The van der Waals surface area contributed by atoms with Gasteiger partial charge in [-0.15, -0.1) is 0 Å². The van der Waals surface area contributed by atoms with E-state index in [9.17, 15) is 9.18 Å². The number of fused-ring (bicyclic) bond motifs is 1. The van der Waals surface area contributed by atoms with Gasteiger partial charge < -0.3 is 9.80 Å². The van der Waals surface area contributed by atoms with Gasteiger partial charge in [0.2, 0.25) is 0 Å². The van der Waals surface area contributed by atoms with E-state index in [1.165, 1.54) is 6.33 Å². The highest BCUT2D eigenvalue weighted by Gasteiger charge is 2.41. The van der Waals surface area contributed by atoms with Gasteiger partial charge in [0.25, 0.3) is 5.91 Å². The molecule has 0 aliphatic carbocycles. The van der Waals surface area contributed by atoms with Gasteiger partial charge in [-0.05, 0) is 31.0 Å². The summed E-state index contributed by atoms with van der Waals surface area (Å²) in [4.78, 5) is 28.6. The van der Waals surface area contributed by atoms with E-state index >= 15 is 0 Å². The van der Waals surface area contributed by atoms with Gasteiger partial charge in [-0.25, -0.2) is 14.4 Å². The van der Waals surface area contributed by atoms with Crippen LogP contribution in [0.1, 0.15) is 22.5 Å². The van der Waals surface area contributed by atoms with Gasteiger partial charge in [0, 0.05) is 31.2 Å². The maximum absolute atomic E-state index is 14.7. The van der Waals surface area contributed by atoms with Gasteiger partial charge in [0.1, 0.15) is 6.33 Å². The summed E-state index contributed by atoms with van der Waals surface area (Å²) in [6.07, 6.45) is 3.39. The van der Waals surface area contributed by atoms with E-state index in [0.29, 0.717) is 26.2 Å². The quantitative estimate of drug-likeness (QED) is 0.852. The zero-order valence-electron chi connectivity index (χ0n) is 14.3. The average Bonchev–Trinajstić information content (AvgIpc) is 2.98. The number of halogens is 1. The molecule has 7 heteroatoms. The van der Waals surface area contributed by atoms with Crippen molar-refractivity contribution in [3.8, 4) is 0 Å². The second-order valence-corrected chi connectivity index (χ2v) is 6.86. The highest BCUT2D eigenvalue weighted by atomic mass is 19.1. The van der Waals surface area contributed by atoms with E-state index in [-0.39, 0.29) is 5.92 Å². The van der Waals surface area contributed by atoms with E-state index in [2.05, 4.69) is 15.0 Å². The van der Waals surface area contributed by atoms with Crippen molar-refractivity contribution in [2.24, 2.45) is 5.92 Å². The molecule has 2 aromatic rings. The first kappa shape index (κ1) is 15.9. The predicted molar refractivity (Wildman–Crippen MR) is 90.6 cm³/mol. The van der Waals surface area contributed by atoms with Crippen molar-refractivity contribution in [1.82, 2.24) is 19.9 Å². The number of carbonyl (C=O) groups is 1. The summed E-state index contributed by atoms with van der Waals surface area (Å²) in [7, 11) is 0. The third kappa shape index (κ3) is 2.83. The molecule has 2 aliphatic heterocycles. The average molecular weight is 341 g/mol. The molecule has 0 spiro atoms. The fraction of sp³-hybridized carbons (Fsp3) is 0.444. The molecule has 0 saturated carbocycles. The van der Waals surface area contributed by atoms with E-state index in [0.717, 1.165) is 28.2 Å². The Morgan fingerprint density at radius 2 is 1.96 bits per heavy atom. The summed E-state index contributed by atoms with van der Waals surface area (Å²) in [6, 6.07) is 2.01. The number of amides is 1. The van der Waals surface area contributed by atoms with E-state index in [1.807, 2.05) is 24.8 Å². The summed E-state index contributed by atoms with van der Waals surface area (Å²) in [5, 5.41) is 0. The fourth-order valence-corrected chi connectivity index (χ4v) is 3.61. The van der Waals surface area contributed by atoms with E-state index < -0.39 is 12.1 Å². The van der Waals surface area contributed by atoms with Crippen LogP contribution in [0, 0.1) is 19.8 Å². The second-order valence-electron chi connectivity index (χ2n) is 6.86. The highest BCUT2D eigenvalue weighted by Crippen LogP contribution is 2.30. The van der Waals surface area contributed by atoms with Crippen molar-refractivity contribution >= 4 is 11.6 Å². The summed E-state index contributed by atoms with van der Waals surface area (Å²) in [5.74, 6) is -0.712. The third-order valence-electron chi connectivity index (χ3n) is 5.03. The van der Waals surface area contributed by atoms with Crippen molar-refractivity contribution in [3.63, 3.8) is 0 Å². The summed E-state index contributed by atoms with van der Waals surface area (Å²) < 4.78 is 14.7. The zero-order valence-corrected chi connectivity index (χ0v) is 14.3. The van der Waals surface area contributed by atoms with Crippen LogP contribution in [0.5, 0.6) is 0 Å². The second kappa shape index (κ2) is 6.06. The minimum absolute atomic E-state index is 0.285. The number of hydrogen-bond donors (Lipinski definition) is 0. The monoisotopic (exact) mass is 341 g/mol. The molecule has 4 heterocycles. The maximum Gasteiger partial charge on any atom is 0.258 e. The smallest absolute Gasteiger partial charge is 0.258 e. The van der Waals surface area contributed by atoms with Gasteiger partial charge in [-0.3, -0.25) is 9.78 Å². The lowest BCUT2D eigenvalue weighted by Crippen LogP contribution is -2.54. The Bertz CT molecular complexity index is 807. The molecule has 130 valence electrons. The molecule has 2 aliphatic rings. The molecule has 1 unspecified atom stereocenters. The molecule has 0 aromatic carbocycles. The fourth-order valence-electron chi connectivity index (χ4n) is 3.61. The van der Waals surface area contributed by atoms with Gasteiger partial charge in [0.15, 0.2) is 6.17 Å². The predicted octanol–water partition coefficient (Wildman–Crippen LogP) is 1.81. The lowest BCUT2D eigenvalue weighted by atomic mass is 9.93. The van der Waals surface area contributed by atoms with Gasteiger partial charge in [-0.2, -0.15) is 0 Å². The lowest BCUT2D eigenvalue weighted by Gasteiger charge is -2.42. The number of hydrogen-bond acceptors (Lipinski definition) is 5. The Kier molecular flexibility index (Phi) is 3.86.